The molecule has 0 unspecified atom stereocenters. The summed E-state index contributed by atoms with van der Waals surface area (Å²) in [6.07, 6.45) is 3.23. The van der Waals surface area contributed by atoms with Gasteiger partial charge in [-0.15, -0.1) is 0 Å². The maximum atomic E-state index is 13.1. The highest BCUT2D eigenvalue weighted by molar-refractivity contribution is 5.57. The number of nitrogens with two attached hydrogens (primary N) is 2. The van der Waals surface area contributed by atoms with E-state index >= 15 is 0 Å². The minimum Gasteiger partial charge on any atom is -0.505 e. The van der Waals surface area contributed by atoms with Gasteiger partial charge in [-0.3, -0.25) is 0 Å². The molecule has 1 aliphatic rings. The van der Waals surface area contributed by atoms with Gasteiger partial charge in [0.25, 0.3) is 0 Å². The maximum Gasteiger partial charge on any atom is 0.143 e. The van der Waals surface area contributed by atoms with Gasteiger partial charge < -0.3 is 16.6 Å². The SMILES string of the molecule is Nc1cc(F)cc([C@H](N)C2CCC2)c1O. The highest BCUT2D eigenvalue weighted by Gasteiger charge is 2.28. The van der Waals surface area contributed by atoms with Crippen molar-refractivity contribution >= 4 is 5.69 Å². The van der Waals surface area contributed by atoms with Crippen LogP contribution < -0.4 is 11.5 Å². The summed E-state index contributed by atoms with van der Waals surface area (Å²) in [5.41, 5.74) is 11.9. The molecule has 1 aliphatic carbocycles. The van der Waals surface area contributed by atoms with Gasteiger partial charge in [-0.1, -0.05) is 6.42 Å². The van der Waals surface area contributed by atoms with Gasteiger partial charge in [-0.2, -0.15) is 0 Å². The molecule has 15 heavy (non-hydrogen) atoms. The molecular formula is C11H15FN2O. The Hall–Kier alpha value is -1.29. The van der Waals surface area contributed by atoms with Crippen molar-refractivity contribution in [3.05, 3.63) is 23.5 Å². The van der Waals surface area contributed by atoms with Crippen molar-refractivity contribution in [1.29, 1.82) is 0 Å². The van der Waals surface area contributed by atoms with E-state index in [1.54, 1.807) is 0 Å². The van der Waals surface area contributed by atoms with Crippen LogP contribution in [0.15, 0.2) is 12.1 Å². The van der Waals surface area contributed by atoms with E-state index in [0.29, 0.717) is 11.5 Å². The molecule has 4 heteroatoms. The highest BCUT2D eigenvalue weighted by Crippen LogP contribution is 2.40. The molecular weight excluding hydrogens is 195 g/mol. The normalized spacial score (nSPS) is 18.5. The van der Waals surface area contributed by atoms with Crippen LogP contribution in [-0.2, 0) is 0 Å². The van der Waals surface area contributed by atoms with Crippen LogP contribution in [0.25, 0.3) is 0 Å². The molecule has 82 valence electrons. The number of aromatic hydroxyl groups is 1. The van der Waals surface area contributed by atoms with Crippen molar-refractivity contribution in [3.63, 3.8) is 0 Å². The van der Waals surface area contributed by atoms with Gasteiger partial charge >= 0.3 is 0 Å². The number of benzene rings is 1. The number of phenolic OH excluding ortho intramolecular Hbond substituents is 1. The summed E-state index contributed by atoms with van der Waals surface area (Å²) in [5.74, 6) is -0.178. The molecule has 0 radical (unpaired) electrons. The van der Waals surface area contributed by atoms with Crippen LogP contribution in [0.3, 0.4) is 0 Å². The van der Waals surface area contributed by atoms with Gasteiger partial charge in [-0.25, -0.2) is 4.39 Å². The molecule has 0 saturated heterocycles. The van der Waals surface area contributed by atoms with E-state index in [2.05, 4.69) is 0 Å². The Morgan fingerprint density at radius 1 is 1.40 bits per heavy atom. The average Bonchev–Trinajstić information content (AvgIpc) is 2.08. The van der Waals surface area contributed by atoms with E-state index in [9.17, 15) is 9.50 Å². The van der Waals surface area contributed by atoms with E-state index in [-0.39, 0.29) is 17.5 Å². The largest absolute Gasteiger partial charge is 0.505 e. The molecule has 0 amide bonds. The fourth-order valence-electron chi connectivity index (χ4n) is 1.95. The predicted molar refractivity (Wildman–Crippen MR) is 56.7 cm³/mol. The summed E-state index contributed by atoms with van der Waals surface area (Å²) in [7, 11) is 0. The lowest BCUT2D eigenvalue weighted by Gasteiger charge is -2.31. The number of anilines is 1. The molecule has 0 spiro atoms. The van der Waals surface area contributed by atoms with E-state index < -0.39 is 5.82 Å². The minimum absolute atomic E-state index is 0.0553. The van der Waals surface area contributed by atoms with Crippen LogP contribution in [0, 0.1) is 11.7 Å². The third kappa shape index (κ3) is 1.77. The lowest BCUT2D eigenvalue weighted by atomic mass is 9.77. The standard InChI is InChI=1S/C11H15FN2O/c12-7-4-8(11(15)9(13)5-7)10(14)6-2-1-3-6/h4-6,10,15H,1-3,13-14H2/t10-/m1/s1. The van der Waals surface area contributed by atoms with Gasteiger partial charge in [0.2, 0.25) is 0 Å². The number of hydrogen-bond acceptors (Lipinski definition) is 3. The third-order valence-electron chi connectivity index (χ3n) is 3.15. The van der Waals surface area contributed by atoms with Crippen molar-refractivity contribution < 1.29 is 9.50 Å². The maximum absolute atomic E-state index is 13.1. The van der Waals surface area contributed by atoms with E-state index in [1.165, 1.54) is 6.07 Å². The summed E-state index contributed by atoms with van der Waals surface area (Å²) >= 11 is 0. The molecule has 1 aromatic rings. The topological polar surface area (TPSA) is 72.3 Å². The zero-order valence-corrected chi connectivity index (χ0v) is 8.41. The van der Waals surface area contributed by atoms with Crippen LogP contribution >= 0.6 is 0 Å². The number of halogens is 1. The van der Waals surface area contributed by atoms with Crippen molar-refractivity contribution in [2.24, 2.45) is 11.7 Å². The Kier molecular flexibility index (Phi) is 2.52. The molecule has 1 fully saturated rings. The van der Waals surface area contributed by atoms with Crippen LogP contribution in [0.4, 0.5) is 10.1 Å². The van der Waals surface area contributed by atoms with Crippen LogP contribution in [0.5, 0.6) is 5.75 Å². The first-order valence-electron chi connectivity index (χ1n) is 5.13. The zero-order valence-electron chi connectivity index (χ0n) is 8.41. The molecule has 1 atom stereocenters. The number of nitrogen functional groups attached to an aromatic ring is 1. The quantitative estimate of drug-likeness (QED) is 0.515. The minimum atomic E-state index is -0.449. The van der Waals surface area contributed by atoms with Gasteiger partial charge in [0.15, 0.2) is 0 Å². The van der Waals surface area contributed by atoms with Crippen molar-refractivity contribution in [2.75, 3.05) is 5.73 Å². The summed E-state index contributed by atoms with van der Waals surface area (Å²) in [5, 5.41) is 9.69. The van der Waals surface area contributed by atoms with Gasteiger partial charge in [0.1, 0.15) is 11.6 Å². The summed E-state index contributed by atoms with van der Waals surface area (Å²) in [6, 6.07) is 2.07. The molecule has 0 heterocycles. The molecule has 3 nitrogen and oxygen atoms in total. The Balaban J connectivity index is 2.33. The third-order valence-corrected chi connectivity index (χ3v) is 3.15. The number of rotatable bonds is 2. The van der Waals surface area contributed by atoms with E-state index in [4.69, 9.17) is 11.5 Å². The second-order valence-electron chi connectivity index (χ2n) is 4.15. The molecule has 0 aliphatic heterocycles. The summed E-state index contributed by atoms with van der Waals surface area (Å²) in [6.45, 7) is 0. The molecule has 1 saturated carbocycles. The number of phenols is 1. The van der Waals surface area contributed by atoms with Crippen LogP contribution in [0.1, 0.15) is 30.9 Å². The molecule has 0 aromatic heterocycles. The van der Waals surface area contributed by atoms with Gasteiger partial charge in [0, 0.05) is 17.7 Å². The Morgan fingerprint density at radius 2 is 2.07 bits per heavy atom. The lowest BCUT2D eigenvalue weighted by molar-refractivity contribution is 0.260. The van der Waals surface area contributed by atoms with Gasteiger partial charge in [0.05, 0.1) is 5.69 Å². The fraction of sp³-hybridized carbons (Fsp3) is 0.455. The first kappa shape index (κ1) is 10.2. The first-order chi connectivity index (χ1) is 7.09. The number of hydrogen-bond donors (Lipinski definition) is 3. The van der Waals surface area contributed by atoms with E-state index in [1.807, 2.05) is 0 Å². The fourth-order valence-corrected chi connectivity index (χ4v) is 1.95. The predicted octanol–water partition coefficient (Wildman–Crippen LogP) is 1.91. The second-order valence-corrected chi connectivity index (χ2v) is 4.15. The van der Waals surface area contributed by atoms with Crippen LogP contribution in [0.2, 0.25) is 0 Å². The van der Waals surface area contributed by atoms with Crippen molar-refractivity contribution in [1.82, 2.24) is 0 Å². The summed E-state index contributed by atoms with van der Waals surface area (Å²) < 4.78 is 13.1. The Morgan fingerprint density at radius 3 is 2.60 bits per heavy atom. The Bertz CT molecular complexity index is 377. The highest BCUT2D eigenvalue weighted by atomic mass is 19.1. The van der Waals surface area contributed by atoms with Crippen LogP contribution in [-0.4, -0.2) is 5.11 Å². The smallest absolute Gasteiger partial charge is 0.143 e. The van der Waals surface area contributed by atoms with Crippen molar-refractivity contribution in [2.45, 2.75) is 25.3 Å². The van der Waals surface area contributed by atoms with Crippen molar-refractivity contribution in [3.8, 4) is 5.75 Å². The molecule has 0 bridgehead atoms. The molecule has 2 rings (SSSR count). The Labute approximate surface area is 87.9 Å². The molecule has 1 aromatic carbocycles. The zero-order chi connectivity index (χ0) is 11.0. The van der Waals surface area contributed by atoms with E-state index in [0.717, 1.165) is 25.3 Å². The summed E-state index contributed by atoms with van der Waals surface area (Å²) in [4.78, 5) is 0. The first-order valence-corrected chi connectivity index (χ1v) is 5.13. The second kappa shape index (κ2) is 3.70. The molecule has 5 N–H and O–H groups in total. The average molecular weight is 210 g/mol. The monoisotopic (exact) mass is 210 g/mol. The van der Waals surface area contributed by atoms with Gasteiger partial charge in [-0.05, 0) is 24.8 Å². The lowest BCUT2D eigenvalue weighted by Crippen LogP contribution is -2.27.